The lowest BCUT2D eigenvalue weighted by Gasteiger charge is -2.09. The molecule has 2 heterocycles. The van der Waals surface area contributed by atoms with Gasteiger partial charge in [-0.2, -0.15) is 0 Å². The van der Waals surface area contributed by atoms with Gasteiger partial charge in [0.05, 0.1) is 0 Å². The number of aromatic nitrogens is 3. The zero-order valence-corrected chi connectivity index (χ0v) is 11.8. The monoisotopic (exact) mass is 267 g/mol. The first-order valence-electron chi connectivity index (χ1n) is 5.74. The molecule has 0 aliphatic carbocycles. The van der Waals surface area contributed by atoms with E-state index >= 15 is 0 Å². The van der Waals surface area contributed by atoms with Crippen LogP contribution in [0.25, 0.3) is 4.96 Å². The molecule has 0 spiro atoms. The molecule has 6 nitrogen and oxygen atoms in total. The highest BCUT2D eigenvalue weighted by Crippen LogP contribution is 2.22. The van der Waals surface area contributed by atoms with Crippen molar-refractivity contribution in [3.63, 3.8) is 0 Å². The zero-order chi connectivity index (χ0) is 13.3. The van der Waals surface area contributed by atoms with Crippen LogP contribution in [0.2, 0.25) is 0 Å². The van der Waals surface area contributed by atoms with Gasteiger partial charge in [0.25, 0.3) is 5.91 Å². The van der Waals surface area contributed by atoms with Gasteiger partial charge < -0.3 is 10.2 Å². The normalized spacial score (nSPS) is 11.4. The van der Waals surface area contributed by atoms with Gasteiger partial charge in [0.15, 0.2) is 0 Å². The predicted octanol–water partition coefficient (Wildman–Crippen LogP) is 0.699. The van der Waals surface area contributed by atoms with Crippen molar-refractivity contribution in [1.29, 1.82) is 0 Å². The van der Waals surface area contributed by atoms with E-state index in [4.69, 9.17) is 0 Å². The van der Waals surface area contributed by atoms with Crippen LogP contribution in [0.15, 0.2) is 0 Å². The van der Waals surface area contributed by atoms with Gasteiger partial charge in [-0.15, -0.1) is 10.2 Å². The lowest BCUT2D eigenvalue weighted by molar-refractivity contribution is 0.0954. The minimum Gasteiger partial charge on any atom is -0.350 e. The second-order valence-electron chi connectivity index (χ2n) is 4.44. The van der Waals surface area contributed by atoms with E-state index in [-0.39, 0.29) is 5.91 Å². The first kappa shape index (κ1) is 13.0. The Bertz CT molecular complexity index is 571. The molecule has 0 fully saturated rings. The SMILES string of the molecule is Cc1nnc2sc(C(=O)NCCN(C)C)c(C)n12. The van der Waals surface area contributed by atoms with Gasteiger partial charge in [-0.25, -0.2) is 0 Å². The number of nitrogens with zero attached hydrogens (tertiary/aromatic N) is 4. The summed E-state index contributed by atoms with van der Waals surface area (Å²) in [5, 5.41) is 10.9. The van der Waals surface area contributed by atoms with Crippen LogP contribution >= 0.6 is 11.3 Å². The fraction of sp³-hybridized carbons (Fsp3) is 0.545. The topological polar surface area (TPSA) is 62.5 Å². The summed E-state index contributed by atoms with van der Waals surface area (Å²) in [5.74, 6) is 0.773. The Morgan fingerprint density at radius 2 is 2.11 bits per heavy atom. The number of thiazole rings is 1. The summed E-state index contributed by atoms with van der Waals surface area (Å²) in [7, 11) is 3.96. The lowest BCUT2D eigenvalue weighted by Crippen LogP contribution is -2.31. The van der Waals surface area contributed by atoms with Crippen LogP contribution in [0.1, 0.15) is 21.2 Å². The second kappa shape index (κ2) is 5.03. The van der Waals surface area contributed by atoms with E-state index in [0.717, 1.165) is 23.0 Å². The van der Waals surface area contributed by atoms with Crippen molar-refractivity contribution < 1.29 is 4.79 Å². The van der Waals surface area contributed by atoms with Gasteiger partial charge in [0, 0.05) is 18.8 Å². The quantitative estimate of drug-likeness (QED) is 0.885. The Morgan fingerprint density at radius 3 is 2.72 bits per heavy atom. The van der Waals surface area contributed by atoms with E-state index in [2.05, 4.69) is 15.5 Å². The van der Waals surface area contributed by atoms with Crippen LogP contribution in [0.3, 0.4) is 0 Å². The Labute approximate surface area is 110 Å². The molecule has 2 aromatic rings. The highest BCUT2D eigenvalue weighted by molar-refractivity contribution is 7.19. The van der Waals surface area contributed by atoms with Gasteiger partial charge in [-0.3, -0.25) is 9.20 Å². The summed E-state index contributed by atoms with van der Waals surface area (Å²) in [6, 6.07) is 0. The molecule has 98 valence electrons. The van der Waals surface area contributed by atoms with Gasteiger partial charge in [-0.1, -0.05) is 11.3 Å². The number of nitrogens with one attached hydrogen (secondary N) is 1. The molecule has 0 radical (unpaired) electrons. The second-order valence-corrected chi connectivity index (χ2v) is 5.42. The average molecular weight is 267 g/mol. The molecule has 0 saturated carbocycles. The molecule has 2 aromatic heterocycles. The van der Waals surface area contributed by atoms with E-state index in [0.29, 0.717) is 11.4 Å². The summed E-state index contributed by atoms with van der Waals surface area (Å²) in [6.07, 6.45) is 0. The van der Waals surface area contributed by atoms with E-state index < -0.39 is 0 Å². The van der Waals surface area contributed by atoms with Crippen molar-refractivity contribution in [3.05, 3.63) is 16.4 Å². The van der Waals surface area contributed by atoms with Gasteiger partial charge in [0.2, 0.25) is 4.96 Å². The number of aryl methyl sites for hydroxylation is 2. The summed E-state index contributed by atoms with van der Waals surface area (Å²) >= 11 is 1.38. The lowest BCUT2D eigenvalue weighted by atomic mass is 10.3. The molecule has 7 heteroatoms. The summed E-state index contributed by atoms with van der Waals surface area (Å²) in [6.45, 7) is 5.27. The van der Waals surface area contributed by atoms with E-state index in [1.165, 1.54) is 11.3 Å². The molecule has 1 N–H and O–H groups in total. The van der Waals surface area contributed by atoms with E-state index in [9.17, 15) is 4.79 Å². The number of hydrogen-bond acceptors (Lipinski definition) is 5. The van der Waals surface area contributed by atoms with Crippen LogP contribution in [-0.2, 0) is 0 Å². The molecule has 0 aromatic carbocycles. The number of rotatable bonds is 4. The third-order valence-corrected chi connectivity index (χ3v) is 3.84. The highest BCUT2D eigenvalue weighted by atomic mass is 32.1. The highest BCUT2D eigenvalue weighted by Gasteiger charge is 2.17. The predicted molar refractivity (Wildman–Crippen MR) is 71.2 cm³/mol. The molecule has 18 heavy (non-hydrogen) atoms. The maximum absolute atomic E-state index is 12.0. The summed E-state index contributed by atoms with van der Waals surface area (Å²) in [5.41, 5.74) is 0.903. The van der Waals surface area contributed by atoms with Crippen LogP contribution in [0.5, 0.6) is 0 Å². The number of likely N-dealkylation sites (N-methyl/N-ethyl adjacent to an activating group) is 1. The maximum atomic E-state index is 12.0. The van der Waals surface area contributed by atoms with Crippen molar-refractivity contribution in [3.8, 4) is 0 Å². The molecule has 0 aliphatic rings. The number of hydrogen-bond donors (Lipinski definition) is 1. The van der Waals surface area contributed by atoms with Crippen LogP contribution in [-0.4, -0.2) is 52.6 Å². The van der Waals surface area contributed by atoms with Crippen molar-refractivity contribution in [2.75, 3.05) is 27.2 Å². The number of carbonyl (C=O) groups excluding carboxylic acids is 1. The van der Waals surface area contributed by atoms with Gasteiger partial charge in [-0.05, 0) is 27.9 Å². The fourth-order valence-electron chi connectivity index (χ4n) is 1.75. The molecule has 0 saturated heterocycles. The number of fused-ring (bicyclic) bond motifs is 1. The molecule has 2 rings (SSSR count). The standard InChI is InChI=1S/C11H17N5OS/c1-7-9(10(17)12-5-6-15(3)4)18-11-14-13-8(2)16(7)11/h5-6H2,1-4H3,(H,12,17). The fourth-order valence-corrected chi connectivity index (χ4v) is 2.77. The Balaban J connectivity index is 2.15. The molecule has 1 amide bonds. The van der Waals surface area contributed by atoms with Gasteiger partial charge in [0.1, 0.15) is 10.7 Å². The van der Waals surface area contributed by atoms with Crippen LogP contribution < -0.4 is 5.32 Å². The molecule has 0 aliphatic heterocycles. The Morgan fingerprint density at radius 1 is 1.39 bits per heavy atom. The number of amides is 1. The van der Waals surface area contributed by atoms with Crippen molar-refractivity contribution in [2.45, 2.75) is 13.8 Å². The third-order valence-electron chi connectivity index (χ3n) is 2.70. The van der Waals surface area contributed by atoms with Crippen molar-refractivity contribution >= 4 is 22.2 Å². The minimum absolute atomic E-state index is 0.0377. The van der Waals surface area contributed by atoms with E-state index in [1.54, 1.807) is 0 Å². The smallest absolute Gasteiger partial charge is 0.263 e. The number of carbonyl (C=O) groups is 1. The average Bonchev–Trinajstić information content (AvgIpc) is 2.80. The minimum atomic E-state index is -0.0377. The largest absolute Gasteiger partial charge is 0.350 e. The Hall–Kier alpha value is -1.47. The maximum Gasteiger partial charge on any atom is 0.263 e. The molecule has 0 unspecified atom stereocenters. The third kappa shape index (κ3) is 2.37. The summed E-state index contributed by atoms with van der Waals surface area (Å²) < 4.78 is 1.91. The molecular weight excluding hydrogens is 250 g/mol. The van der Waals surface area contributed by atoms with E-state index in [1.807, 2.05) is 37.2 Å². The van der Waals surface area contributed by atoms with Gasteiger partial charge >= 0.3 is 0 Å². The molecule has 0 atom stereocenters. The first-order valence-corrected chi connectivity index (χ1v) is 6.56. The van der Waals surface area contributed by atoms with Crippen LogP contribution in [0, 0.1) is 13.8 Å². The summed E-state index contributed by atoms with van der Waals surface area (Å²) in [4.78, 5) is 15.6. The van der Waals surface area contributed by atoms with Crippen LogP contribution in [0.4, 0.5) is 0 Å². The zero-order valence-electron chi connectivity index (χ0n) is 11.0. The Kier molecular flexibility index (Phi) is 3.63. The van der Waals surface area contributed by atoms with Crippen molar-refractivity contribution in [2.24, 2.45) is 0 Å². The van der Waals surface area contributed by atoms with Crippen molar-refractivity contribution in [1.82, 2.24) is 24.8 Å². The molecular formula is C11H17N5OS. The molecule has 0 bridgehead atoms. The first-order chi connectivity index (χ1) is 8.50.